The molecule has 0 bridgehead atoms. The SMILES string of the molecule is CN(C(=O)OC(C)(C)C)[C@@H]1CCN(C(=O)c2ccc(Cl)o2)C1. The molecule has 0 saturated carbocycles. The molecule has 0 N–H and O–H groups in total. The van der Waals surface area contributed by atoms with E-state index in [0.717, 1.165) is 0 Å². The van der Waals surface area contributed by atoms with Crippen LogP contribution in [0.4, 0.5) is 4.79 Å². The molecular weight excluding hydrogens is 308 g/mol. The van der Waals surface area contributed by atoms with E-state index in [9.17, 15) is 9.59 Å². The van der Waals surface area contributed by atoms with Gasteiger partial charge in [-0.1, -0.05) is 0 Å². The van der Waals surface area contributed by atoms with Crippen LogP contribution in [0.1, 0.15) is 37.7 Å². The molecule has 1 aromatic rings. The minimum absolute atomic E-state index is 0.0655. The van der Waals surface area contributed by atoms with Crippen LogP contribution in [0.5, 0.6) is 0 Å². The normalized spacial score (nSPS) is 18.4. The Morgan fingerprint density at radius 3 is 2.64 bits per heavy atom. The maximum Gasteiger partial charge on any atom is 0.410 e. The van der Waals surface area contributed by atoms with Gasteiger partial charge < -0.3 is 19.0 Å². The predicted octanol–water partition coefficient (Wildman–Crippen LogP) is 3.01. The van der Waals surface area contributed by atoms with Gasteiger partial charge in [0.25, 0.3) is 5.91 Å². The highest BCUT2D eigenvalue weighted by Gasteiger charge is 2.34. The molecule has 6 nitrogen and oxygen atoms in total. The number of furan rings is 1. The van der Waals surface area contributed by atoms with Crippen molar-refractivity contribution in [2.45, 2.75) is 38.8 Å². The first kappa shape index (κ1) is 16.7. The van der Waals surface area contributed by atoms with E-state index in [1.165, 1.54) is 6.07 Å². The molecule has 2 rings (SSSR count). The number of amides is 2. The molecule has 0 unspecified atom stereocenters. The van der Waals surface area contributed by atoms with Gasteiger partial charge in [0, 0.05) is 20.1 Å². The minimum Gasteiger partial charge on any atom is -0.444 e. The molecule has 0 spiro atoms. The predicted molar refractivity (Wildman–Crippen MR) is 82.0 cm³/mol. The molecule has 1 atom stereocenters. The van der Waals surface area contributed by atoms with Crippen LogP contribution in [-0.4, -0.2) is 53.6 Å². The Morgan fingerprint density at radius 2 is 2.09 bits per heavy atom. The highest BCUT2D eigenvalue weighted by atomic mass is 35.5. The van der Waals surface area contributed by atoms with Crippen LogP contribution < -0.4 is 0 Å². The number of likely N-dealkylation sites (tertiary alicyclic amines) is 1. The third kappa shape index (κ3) is 3.94. The summed E-state index contributed by atoms with van der Waals surface area (Å²) < 4.78 is 10.5. The average molecular weight is 329 g/mol. The Morgan fingerprint density at radius 1 is 1.41 bits per heavy atom. The molecule has 7 heteroatoms. The molecule has 2 amide bonds. The molecule has 1 aromatic heterocycles. The Balaban J connectivity index is 1.94. The van der Waals surface area contributed by atoms with Gasteiger partial charge in [-0.05, 0) is 50.9 Å². The second kappa shape index (κ2) is 6.20. The molecule has 1 aliphatic heterocycles. The van der Waals surface area contributed by atoms with E-state index in [-0.39, 0.29) is 29.0 Å². The van der Waals surface area contributed by atoms with E-state index >= 15 is 0 Å². The van der Waals surface area contributed by atoms with E-state index in [1.54, 1.807) is 22.9 Å². The van der Waals surface area contributed by atoms with Crippen molar-refractivity contribution in [2.75, 3.05) is 20.1 Å². The van der Waals surface area contributed by atoms with Gasteiger partial charge in [0.15, 0.2) is 11.0 Å². The van der Waals surface area contributed by atoms with Crippen molar-refractivity contribution >= 4 is 23.6 Å². The lowest BCUT2D eigenvalue weighted by Gasteiger charge is -2.28. The molecule has 0 aromatic carbocycles. The first-order valence-electron chi connectivity index (χ1n) is 7.18. The zero-order valence-electron chi connectivity index (χ0n) is 13.3. The third-order valence-electron chi connectivity index (χ3n) is 3.46. The molecular formula is C15H21ClN2O4. The number of hydrogen-bond donors (Lipinski definition) is 0. The fourth-order valence-electron chi connectivity index (χ4n) is 2.31. The number of carbonyl (C=O) groups is 2. The maximum atomic E-state index is 12.3. The van der Waals surface area contributed by atoms with Gasteiger partial charge in [-0.25, -0.2) is 4.79 Å². The van der Waals surface area contributed by atoms with E-state index in [0.29, 0.717) is 19.5 Å². The number of hydrogen-bond acceptors (Lipinski definition) is 4. The van der Waals surface area contributed by atoms with Crippen LogP contribution in [-0.2, 0) is 4.74 Å². The number of likely N-dealkylation sites (N-methyl/N-ethyl adjacent to an activating group) is 1. The van der Waals surface area contributed by atoms with Gasteiger partial charge in [-0.3, -0.25) is 4.79 Å². The molecule has 2 heterocycles. The van der Waals surface area contributed by atoms with Gasteiger partial charge in [0.1, 0.15) is 5.60 Å². The van der Waals surface area contributed by atoms with Crippen molar-refractivity contribution in [3.8, 4) is 0 Å². The molecule has 1 aliphatic rings. The summed E-state index contributed by atoms with van der Waals surface area (Å²) in [5.41, 5.74) is -0.537. The van der Waals surface area contributed by atoms with E-state index < -0.39 is 5.60 Å². The lowest BCUT2D eigenvalue weighted by Crippen LogP contribution is -2.42. The van der Waals surface area contributed by atoms with Crippen LogP contribution in [0.25, 0.3) is 0 Å². The second-order valence-electron chi connectivity index (χ2n) is 6.39. The molecule has 0 aliphatic carbocycles. The standard InChI is InChI=1S/C15H21ClN2O4/c1-15(2,3)22-14(20)17(4)10-7-8-18(9-10)13(19)11-5-6-12(16)21-11/h5-6,10H,7-9H2,1-4H3/t10-/m1/s1. The molecule has 22 heavy (non-hydrogen) atoms. The zero-order valence-corrected chi connectivity index (χ0v) is 14.0. The van der Waals surface area contributed by atoms with Gasteiger partial charge in [0.05, 0.1) is 6.04 Å². The molecule has 122 valence electrons. The minimum atomic E-state index is -0.537. The number of rotatable bonds is 2. The van der Waals surface area contributed by atoms with Crippen LogP contribution in [0.3, 0.4) is 0 Å². The Kier molecular flexibility index (Phi) is 4.70. The average Bonchev–Trinajstić information content (AvgIpc) is 3.03. The molecule has 1 saturated heterocycles. The van der Waals surface area contributed by atoms with E-state index in [4.69, 9.17) is 20.8 Å². The number of nitrogens with zero attached hydrogens (tertiary/aromatic N) is 2. The molecule has 0 radical (unpaired) electrons. The highest BCUT2D eigenvalue weighted by molar-refractivity contribution is 6.29. The van der Waals surface area contributed by atoms with Crippen molar-refractivity contribution < 1.29 is 18.7 Å². The van der Waals surface area contributed by atoms with Gasteiger partial charge in [-0.2, -0.15) is 0 Å². The van der Waals surface area contributed by atoms with Crippen molar-refractivity contribution in [1.29, 1.82) is 0 Å². The third-order valence-corrected chi connectivity index (χ3v) is 3.67. The van der Waals surface area contributed by atoms with Gasteiger partial charge >= 0.3 is 6.09 Å². The summed E-state index contributed by atoms with van der Waals surface area (Å²) in [4.78, 5) is 27.5. The summed E-state index contributed by atoms with van der Waals surface area (Å²) in [6.07, 6.45) is 0.323. The summed E-state index contributed by atoms with van der Waals surface area (Å²) in [6, 6.07) is 3.02. The van der Waals surface area contributed by atoms with E-state index in [2.05, 4.69) is 0 Å². The Bertz CT molecular complexity index is 564. The lowest BCUT2D eigenvalue weighted by molar-refractivity contribution is 0.0226. The smallest absolute Gasteiger partial charge is 0.410 e. The quantitative estimate of drug-likeness (QED) is 0.837. The van der Waals surface area contributed by atoms with Gasteiger partial charge in [-0.15, -0.1) is 0 Å². The summed E-state index contributed by atoms with van der Waals surface area (Å²) >= 11 is 5.69. The number of ether oxygens (including phenoxy) is 1. The van der Waals surface area contributed by atoms with Crippen LogP contribution >= 0.6 is 11.6 Å². The summed E-state index contributed by atoms with van der Waals surface area (Å²) in [6.45, 7) is 6.49. The fourth-order valence-corrected chi connectivity index (χ4v) is 2.46. The Labute approximate surface area is 134 Å². The first-order valence-corrected chi connectivity index (χ1v) is 7.55. The monoisotopic (exact) mass is 328 g/mol. The first-order chi connectivity index (χ1) is 10.2. The lowest BCUT2D eigenvalue weighted by atomic mass is 10.2. The highest BCUT2D eigenvalue weighted by Crippen LogP contribution is 2.21. The van der Waals surface area contributed by atoms with Crippen molar-refractivity contribution in [3.05, 3.63) is 23.1 Å². The summed E-state index contributed by atoms with van der Waals surface area (Å²) in [5.74, 6) is -0.00226. The zero-order chi connectivity index (χ0) is 16.5. The van der Waals surface area contributed by atoms with Crippen LogP contribution in [0.15, 0.2) is 16.5 Å². The summed E-state index contributed by atoms with van der Waals surface area (Å²) in [5, 5.41) is 0.185. The summed E-state index contributed by atoms with van der Waals surface area (Å²) in [7, 11) is 1.69. The number of halogens is 1. The topological polar surface area (TPSA) is 63.0 Å². The van der Waals surface area contributed by atoms with Gasteiger partial charge in [0.2, 0.25) is 0 Å². The van der Waals surface area contributed by atoms with Crippen molar-refractivity contribution in [1.82, 2.24) is 9.80 Å². The fraction of sp³-hybridized carbons (Fsp3) is 0.600. The van der Waals surface area contributed by atoms with Crippen LogP contribution in [0.2, 0.25) is 5.22 Å². The van der Waals surface area contributed by atoms with Crippen molar-refractivity contribution in [3.63, 3.8) is 0 Å². The maximum absolute atomic E-state index is 12.3. The Hall–Kier alpha value is -1.69. The molecule has 1 fully saturated rings. The van der Waals surface area contributed by atoms with Crippen molar-refractivity contribution in [2.24, 2.45) is 0 Å². The number of carbonyl (C=O) groups excluding carboxylic acids is 2. The van der Waals surface area contributed by atoms with Crippen LogP contribution in [0, 0.1) is 0 Å². The van der Waals surface area contributed by atoms with E-state index in [1.807, 2.05) is 20.8 Å². The largest absolute Gasteiger partial charge is 0.444 e. The second-order valence-corrected chi connectivity index (χ2v) is 6.76.